The molecule has 1 saturated carbocycles. The SMILES string of the molecule is CCN(C(=O)c1ccc(CN)o1)C1CCCCC1. The Labute approximate surface area is 108 Å². The van der Waals surface area contributed by atoms with Gasteiger partial charge in [0.15, 0.2) is 5.76 Å². The molecule has 4 heteroatoms. The van der Waals surface area contributed by atoms with E-state index in [2.05, 4.69) is 0 Å². The highest BCUT2D eigenvalue weighted by Crippen LogP contribution is 2.24. The summed E-state index contributed by atoms with van der Waals surface area (Å²) in [6.07, 6.45) is 5.97. The molecule has 1 fully saturated rings. The Balaban J connectivity index is 2.08. The predicted octanol–water partition coefficient (Wildman–Crippen LogP) is 2.53. The van der Waals surface area contributed by atoms with Crippen LogP contribution in [-0.4, -0.2) is 23.4 Å². The largest absolute Gasteiger partial charge is 0.455 e. The summed E-state index contributed by atoms with van der Waals surface area (Å²) < 4.78 is 5.45. The lowest BCUT2D eigenvalue weighted by Crippen LogP contribution is -2.41. The summed E-state index contributed by atoms with van der Waals surface area (Å²) in [5.74, 6) is 1.09. The zero-order chi connectivity index (χ0) is 13.0. The number of nitrogens with zero attached hydrogens (tertiary/aromatic N) is 1. The Morgan fingerprint density at radius 2 is 2.11 bits per heavy atom. The monoisotopic (exact) mass is 250 g/mol. The van der Waals surface area contributed by atoms with Gasteiger partial charge in [0.1, 0.15) is 5.76 Å². The average Bonchev–Trinajstić information content (AvgIpc) is 2.89. The van der Waals surface area contributed by atoms with Crippen LogP contribution in [0.3, 0.4) is 0 Å². The van der Waals surface area contributed by atoms with Gasteiger partial charge in [-0.05, 0) is 31.9 Å². The number of amides is 1. The molecule has 1 amide bonds. The second kappa shape index (κ2) is 6.05. The van der Waals surface area contributed by atoms with Crippen molar-refractivity contribution >= 4 is 5.91 Å². The first kappa shape index (κ1) is 13.1. The van der Waals surface area contributed by atoms with Crippen molar-refractivity contribution in [1.29, 1.82) is 0 Å². The lowest BCUT2D eigenvalue weighted by atomic mass is 9.94. The third kappa shape index (κ3) is 2.75. The lowest BCUT2D eigenvalue weighted by molar-refractivity contribution is 0.0613. The maximum absolute atomic E-state index is 12.4. The zero-order valence-corrected chi connectivity index (χ0v) is 11.0. The Morgan fingerprint density at radius 3 is 2.67 bits per heavy atom. The molecule has 1 aliphatic rings. The van der Waals surface area contributed by atoms with Crippen molar-refractivity contribution in [1.82, 2.24) is 4.90 Å². The molecule has 0 aliphatic heterocycles. The molecule has 0 bridgehead atoms. The van der Waals surface area contributed by atoms with Gasteiger partial charge in [0.25, 0.3) is 5.91 Å². The van der Waals surface area contributed by atoms with E-state index in [9.17, 15) is 4.79 Å². The van der Waals surface area contributed by atoms with Crippen LogP contribution in [0.15, 0.2) is 16.5 Å². The summed E-state index contributed by atoms with van der Waals surface area (Å²) in [4.78, 5) is 14.3. The second-order valence-corrected chi connectivity index (χ2v) is 4.85. The van der Waals surface area contributed by atoms with E-state index in [0.717, 1.165) is 19.4 Å². The van der Waals surface area contributed by atoms with E-state index >= 15 is 0 Å². The number of hydrogen-bond donors (Lipinski definition) is 1. The Morgan fingerprint density at radius 1 is 1.39 bits per heavy atom. The van der Waals surface area contributed by atoms with Crippen LogP contribution in [0.1, 0.15) is 55.3 Å². The lowest BCUT2D eigenvalue weighted by Gasteiger charge is -2.33. The van der Waals surface area contributed by atoms with Crippen molar-refractivity contribution in [3.8, 4) is 0 Å². The smallest absolute Gasteiger partial charge is 0.289 e. The van der Waals surface area contributed by atoms with E-state index in [1.807, 2.05) is 11.8 Å². The summed E-state index contributed by atoms with van der Waals surface area (Å²) in [5, 5.41) is 0. The molecule has 0 unspecified atom stereocenters. The molecular formula is C14H22N2O2. The number of furan rings is 1. The molecule has 1 aromatic rings. The molecule has 4 nitrogen and oxygen atoms in total. The number of carbonyl (C=O) groups excluding carboxylic acids is 1. The minimum absolute atomic E-state index is 0.00380. The van der Waals surface area contributed by atoms with Gasteiger partial charge >= 0.3 is 0 Å². The number of rotatable bonds is 4. The standard InChI is InChI=1S/C14H22N2O2/c1-2-16(11-6-4-3-5-7-11)14(17)13-9-8-12(10-15)18-13/h8-9,11H,2-7,10,15H2,1H3. The highest BCUT2D eigenvalue weighted by Gasteiger charge is 2.26. The molecule has 2 rings (SSSR count). The normalized spacial score (nSPS) is 16.8. The molecule has 2 N–H and O–H groups in total. The molecule has 0 aromatic carbocycles. The topological polar surface area (TPSA) is 59.5 Å². The van der Waals surface area contributed by atoms with Crippen molar-refractivity contribution in [3.05, 3.63) is 23.7 Å². The van der Waals surface area contributed by atoms with Gasteiger partial charge in [-0.2, -0.15) is 0 Å². The van der Waals surface area contributed by atoms with Crippen LogP contribution < -0.4 is 5.73 Å². The minimum atomic E-state index is 0.00380. The van der Waals surface area contributed by atoms with Gasteiger partial charge in [0, 0.05) is 12.6 Å². The van der Waals surface area contributed by atoms with Crippen LogP contribution in [-0.2, 0) is 6.54 Å². The summed E-state index contributed by atoms with van der Waals surface area (Å²) in [7, 11) is 0. The molecule has 1 heterocycles. The first-order valence-corrected chi connectivity index (χ1v) is 6.86. The number of hydrogen-bond acceptors (Lipinski definition) is 3. The molecule has 0 saturated heterocycles. The Kier molecular flexibility index (Phi) is 4.42. The van der Waals surface area contributed by atoms with E-state index in [-0.39, 0.29) is 5.91 Å². The predicted molar refractivity (Wildman–Crippen MR) is 70.2 cm³/mol. The molecule has 0 radical (unpaired) electrons. The van der Waals surface area contributed by atoms with Gasteiger partial charge < -0.3 is 15.1 Å². The van der Waals surface area contributed by atoms with E-state index in [1.54, 1.807) is 12.1 Å². The third-order valence-electron chi connectivity index (χ3n) is 3.69. The third-order valence-corrected chi connectivity index (χ3v) is 3.69. The van der Waals surface area contributed by atoms with Crippen molar-refractivity contribution in [3.63, 3.8) is 0 Å². The maximum atomic E-state index is 12.4. The quantitative estimate of drug-likeness (QED) is 0.893. The molecule has 1 aromatic heterocycles. The molecule has 0 atom stereocenters. The molecule has 1 aliphatic carbocycles. The van der Waals surface area contributed by atoms with Crippen LogP contribution in [0.4, 0.5) is 0 Å². The van der Waals surface area contributed by atoms with Crippen LogP contribution >= 0.6 is 0 Å². The number of nitrogens with two attached hydrogens (primary N) is 1. The van der Waals surface area contributed by atoms with E-state index in [1.165, 1.54) is 19.3 Å². The van der Waals surface area contributed by atoms with Crippen LogP contribution in [0.25, 0.3) is 0 Å². The number of carbonyl (C=O) groups is 1. The highest BCUT2D eigenvalue weighted by molar-refractivity contribution is 5.91. The van der Waals surface area contributed by atoms with Crippen LogP contribution in [0.5, 0.6) is 0 Å². The highest BCUT2D eigenvalue weighted by atomic mass is 16.4. The fraction of sp³-hybridized carbons (Fsp3) is 0.643. The van der Waals surface area contributed by atoms with Crippen LogP contribution in [0, 0.1) is 0 Å². The molecule has 18 heavy (non-hydrogen) atoms. The Bertz CT molecular complexity index is 394. The summed E-state index contributed by atoms with van der Waals surface area (Å²) in [6.45, 7) is 3.10. The van der Waals surface area contributed by atoms with E-state index in [0.29, 0.717) is 24.1 Å². The molecule has 100 valence electrons. The van der Waals surface area contributed by atoms with Crippen molar-refractivity contribution in [2.45, 2.75) is 51.6 Å². The maximum Gasteiger partial charge on any atom is 0.289 e. The first-order valence-electron chi connectivity index (χ1n) is 6.86. The summed E-state index contributed by atoms with van der Waals surface area (Å²) in [6, 6.07) is 3.89. The zero-order valence-electron chi connectivity index (χ0n) is 11.0. The van der Waals surface area contributed by atoms with Crippen molar-refractivity contribution in [2.24, 2.45) is 5.73 Å². The minimum Gasteiger partial charge on any atom is -0.455 e. The van der Waals surface area contributed by atoms with Gasteiger partial charge in [0.2, 0.25) is 0 Å². The average molecular weight is 250 g/mol. The molecule has 0 spiro atoms. The van der Waals surface area contributed by atoms with Gasteiger partial charge in [-0.1, -0.05) is 19.3 Å². The summed E-state index contributed by atoms with van der Waals surface area (Å²) in [5.41, 5.74) is 5.50. The van der Waals surface area contributed by atoms with Crippen molar-refractivity contribution < 1.29 is 9.21 Å². The van der Waals surface area contributed by atoms with Gasteiger partial charge in [-0.15, -0.1) is 0 Å². The molecular weight excluding hydrogens is 228 g/mol. The van der Waals surface area contributed by atoms with Gasteiger partial charge in [0.05, 0.1) is 6.54 Å². The van der Waals surface area contributed by atoms with Gasteiger partial charge in [-0.25, -0.2) is 0 Å². The fourth-order valence-corrected chi connectivity index (χ4v) is 2.70. The second-order valence-electron chi connectivity index (χ2n) is 4.85. The fourth-order valence-electron chi connectivity index (χ4n) is 2.70. The van der Waals surface area contributed by atoms with Gasteiger partial charge in [-0.3, -0.25) is 4.79 Å². The Hall–Kier alpha value is -1.29. The van der Waals surface area contributed by atoms with Crippen molar-refractivity contribution in [2.75, 3.05) is 6.54 Å². The summed E-state index contributed by atoms with van der Waals surface area (Å²) >= 11 is 0. The first-order chi connectivity index (χ1) is 8.76. The van der Waals surface area contributed by atoms with E-state index in [4.69, 9.17) is 10.2 Å². The van der Waals surface area contributed by atoms with E-state index < -0.39 is 0 Å². The van der Waals surface area contributed by atoms with Crippen LogP contribution in [0.2, 0.25) is 0 Å².